The van der Waals surface area contributed by atoms with Gasteiger partial charge in [-0.05, 0) is 44.9 Å². The molecule has 9 nitrogen and oxygen atoms in total. The maximum Gasteiger partial charge on any atom is 0.410 e. The van der Waals surface area contributed by atoms with Crippen LogP contribution in [0.4, 0.5) is 4.79 Å². The van der Waals surface area contributed by atoms with Crippen molar-refractivity contribution in [3.63, 3.8) is 0 Å². The van der Waals surface area contributed by atoms with Crippen LogP contribution in [0.2, 0.25) is 5.02 Å². The van der Waals surface area contributed by atoms with Gasteiger partial charge in [0.15, 0.2) is 5.65 Å². The molecule has 0 unspecified atom stereocenters. The molecule has 0 atom stereocenters. The van der Waals surface area contributed by atoms with E-state index in [0.29, 0.717) is 46.3 Å². The average molecular weight is 441 g/mol. The van der Waals surface area contributed by atoms with E-state index < -0.39 is 0 Å². The van der Waals surface area contributed by atoms with Crippen LogP contribution in [0.15, 0.2) is 30.7 Å². The van der Waals surface area contributed by atoms with E-state index in [0.717, 1.165) is 12.8 Å². The number of rotatable bonds is 4. The molecule has 1 aliphatic heterocycles. The third kappa shape index (κ3) is 4.39. The maximum atomic E-state index is 12.1. The van der Waals surface area contributed by atoms with Gasteiger partial charge in [0.1, 0.15) is 17.5 Å². The summed E-state index contributed by atoms with van der Waals surface area (Å²) < 4.78 is 13.0. The van der Waals surface area contributed by atoms with Crippen LogP contribution in [0.3, 0.4) is 0 Å². The number of carbonyl (C=O) groups is 1. The van der Waals surface area contributed by atoms with Crippen molar-refractivity contribution in [3.05, 3.63) is 41.3 Å². The van der Waals surface area contributed by atoms with E-state index in [1.165, 1.54) is 12.4 Å². The van der Waals surface area contributed by atoms with Crippen LogP contribution in [-0.2, 0) is 4.74 Å². The molecule has 1 fully saturated rings. The largest absolute Gasteiger partial charge is 0.447 e. The Morgan fingerprint density at radius 1 is 1.29 bits per heavy atom. The lowest BCUT2D eigenvalue weighted by Gasteiger charge is -2.31. The number of nitrogens with zero attached hydrogens (tertiary/aromatic N) is 6. The fourth-order valence-corrected chi connectivity index (χ4v) is 3.74. The second-order valence-corrected chi connectivity index (χ2v) is 7.92. The van der Waals surface area contributed by atoms with Gasteiger partial charge in [0.2, 0.25) is 5.88 Å². The number of piperidine rings is 1. The first-order valence-corrected chi connectivity index (χ1v) is 10.4. The summed E-state index contributed by atoms with van der Waals surface area (Å²) in [5, 5.41) is 14.5. The van der Waals surface area contributed by atoms with Gasteiger partial charge < -0.3 is 14.4 Å². The van der Waals surface area contributed by atoms with E-state index in [1.54, 1.807) is 23.2 Å². The van der Waals surface area contributed by atoms with Gasteiger partial charge in [-0.1, -0.05) is 11.6 Å². The molecule has 160 valence electrons. The highest BCUT2D eigenvalue weighted by atomic mass is 35.5. The average Bonchev–Trinajstić information content (AvgIpc) is 3.20. The third-order valence-electron chi connectivity index (χ3n) is 5.03. The predicted molar refractivity (Wildman–Crippen MR) is 113 cm³/mol. The number of halogens is 1. The Hall–Kier alpha value is -3.38. The zero-order valence-corrected chi connectivity index (χ0v) is 17.9. The molecule has 1 amide bonds. The molecule has 0 aliphatic carbocycles. The highest BCUT2D eigenvalue weighted by Gasteiger charge is 2.27. The first-order valence-electron chi connectivity index (χ1n) is 9.97. The Kier molecular flexibility index (Phi) is 5.91. The van der Waals surface area contributed by atoms with Crippen LogP contribution in [-0.4, -0.2) is 49.9 Å². The fourth-order valence-electron chi connectivity index (χ4n) is 3.52. The van der Waals surface area contributed by atoms with Crippen LogP contribution in [0.1, 0.15) is 38.3 Å². The second-order valence-electron chi connectivity index (χ2n) is 7.52. The Morgan fingerprint density at radius 2 is 2.06 bits per heavy atom. The molecule has 3 heterocycles. The molecule has 0 N–H and O–H groups in total. The molecule has 0 spiro atoms. The minimum absolute atomic E-state index is 0.0989. The number of aromatic nitrogens is 4. The van der Waals surface area contributed by atoms with E-state index in [4.69, 9.17) is 26.3 Å². The van der Waals surface area contributed by atoms with Crippen LogP contribution < -0.4 is 4.74 Å². The highest BCUT2D eigenvalue weighted by Crippen LogP contribution is 2.33. The molecule has 31 heavy (non-hydrogen) atoms. The van der Waals surface area contributed by atoms with Gasteiger partial charge in [0, 0.05) is 13.1 Å². The maximum absolute atomic E-state index is 12.1. The highest BCUT2D eigenvalue weighted by molar-refractivity contribution is 6.32. The molecule has 0 saturated carbocycles. The molecule has 0 radical (unpaired) electrons. The minimum Gasteiger partial charge on any atom is -0.447 e. The quantitative estimate of drug-likeness (QED) is 0.594. The predicted octanol–water partition coefficient (Wildman–Crippen LogP) is 4.33. The van der Waals surface area contributed by atoms with Crippen molar-refractivity contribution in [1.29, 1.82) is 5.26 Å². The molecule has 2 aromatic heterocycles. The van der Waals surface area contributed by atoms with Crippen LogP contribution in [0.25, 0.3) is 11.0 Å². The summed E-state index contributed by atoms with van der Waals surface area (Å²) in [6, 6.07) is 6.93. The molecule has 1 aliphatic rings. The lowest BCUT2D eigenvalue weighted by molar-refractivity contribution is 0.0656. The Labute approximate surface area is 184 Å². The van der Waals surface area contributed by atoms with Crippen molar-refractivity contribution in [2.24, 2.45) is 0 Å². The Morgan fingerprint density at radius 3 is 2.74 bits per heavy atom. The normalized spacial score (nSPS) is 14.6. The summed E-state index contributed by atoms with van der Waals surface area (Å²) in [4.78, 5) is 22.5. The number of amides is 1. The number of hydrogen-bond acceptors (Lipinski definition) is 7. The topological polar surface area (TPSA) is 106 Å². The number of likely N-dealkylation sites (tertiary alicyclic amines) is 1. The van der Waals surface area contributed by atoms with Gasteiger partial charge in [0.25, 0.3) is 0 Å². The number of carbonyl (C=O) groups excluding carboxylic acids is 1. The van der Waals surface area contributed by atoms with E-state index in [2.05, 4.69) is 15.1 Å². The van der Waals surface area contributed by atoms with Crippen molar-refractivity contribution in [1.82, 2.24) is 24.6 Å². The first-order chi connectivity index (χ1) is 15.0. The van der Waals surface area contributed by atoms with Gasteiger partial charge in [0.05, 0.1) is 35.0 Å². The summed E-state index contributed by atoms with van der Waals surface area (Å²) in [5.41, 5.74) is 1.10. The summed E-state index contributed by atoms with van der Waals surface area (Å²) in [5.74, 6) is 0.728. The lowest BCUT2D eigenvalue weighted by Crippen LogP contribution is -2.40. The lowest BCUT2D eigenvalue weighted by atomic mass is 10.1. The van der Waals surface area contributed by atoms with Crippen LogP contribution >= 0.6 is 11.6 Å². The second kappa shape index (κ2) is 8.78. The molecule has 3 aromatic rings. The SMILES string of the molecule is CC(C)OC(=O)N1CCC(n2ncc3c(Oc4ccc(C#N)cc4Cl)ncnc32)CC1. The Bertz CT molecular complexity index is 1150. The summed E-state index contributed by atoms with van der Waals surface area (Å²) in [6.45, 7) is 4.86. The minimum atomic E-state index is -0.281. The standard InChI is InChI=1S/C21H21ClN6O3/c1-13(2)30-21(29)27-7-5-15(6-8-27)28-19-16(11-26-28)20(25-12-24-19)31-18-4-3-14(10-23)9-17(18)22/h3-4,9,11-13,15H,5-8H2,1-2H3. The third-order valence-corrected chi connectivity index (χ3v) is 5.32. The van der Waals surface area contributed by atoms with E-state index in [1.807, 2.05) is 24.6 Å². The van der Waals surface area contributed by atoms with Crippen molar-refractivity contribution in [2.75, 3.05) is 13.1 Å². The molecular weight excluding hydrogens is 420 g/mol. The number of fused-ring (bicyclic) bond motifs is 1. The van der Waals surface area contributed by atoms with E-state index >= 15 is 0 Å². The van der Waals surface area contributed by atoms with Gasteiger partial charge in [-0.25, -0.2) is 19.4 Å². The van der Waals surface area contributed by atoms with Gasteiger partial charge in [-0.3, -0.25) is 0 Å². The number of benzene rings is 1. The zero-order valence-electron chi connectivity index (χ0n) is 17.2. The summed E-state index contributed by atoms with van der Waals surface area (Å²) >= 11 is 6.22. The van der Waals surface area contributed by atoms with Crippen molar-refractivity contribution in [3.8, 4) is 17.7 Å². The summed E-state index contributed by atoms with van der Waals surface area (Å²) in [6.07, 6.45) is 4.15. The Balaban J connectivity index is 1.52. The number of nitriles is 1. The smallest absolute Gasteiger partial charge is 0.410 e. The number of ether oxygens (including phenoxy) is 2. The zero-order chi connectivity index (χ0) is 22.0. The van der Waals surface area contributed by atoms with Gasteiger partial charge >= 0.3 is 6.09 Å². The molecule has 1 aromatic carbocycles. The fraction of sp³-hybridized carbons (Fsp3) is 0.381. The molecule has 4 rings (SSSR count). The van der Waals surface area contributed by atoms with Gasteiger partial charge in [-0.2, -0.15) is 10.4 Å². The molecule has 10 heteroatoms. The molecule has 1 saturated heterocycles. The van der Waals surface area contributed by atoms with E-state index in [9.17, 15) is 4.79 Å². The van der Waals surface area contributed by atoms with Crippen molar-refractivity contribution < 1.29 is 14.3 Å². The first kappa shape index (κ1) is 20.9. The monoisotopic (exact) mass is 440 g/mol. The molecule has 0 bridgehead atoms. The van der Waals surface area contributed by atoms with Crippen LogP contribution in [0.5, 0.6) is 11.6 Å². The van der Waals surface area contributed by atoms with E-state index in [-0.39, 0.29) is 18.2 Å². The van der Waals surface area contributed by atoms with Crippen LogP contribution in [0, 0.1) is 11.3 Å². The van der Waals surface area contributed by atoms with Crippen molar-refractivity contribution in [2.45, 2.75) is 38.8 Å². The summed E-state index contributed by atoms with van der Waals surface area (Å²) in [7, 11) is 0. The van der Waals surface area contributed by atoms with Gasteiger partial charge in [-0.15, -0.1) is 0 Å². The number of hydrogen-bond donors (Lipinski definition) is 0. The van der Waals surface area contributed by atoms with Crippen molar-refractivity contribution >= 4 is 28.7 Å². The molecular formula is C21H21ClN6O3.